The summed E-state index contributed by atoms with van der Waals surface area (Å²) in [5.74, 6) is 1.14. The molecule has 0 unspecified atom stereocenters. The lowest BCUT2D eigenvalue weighted by Crippen LogP contribution is -2.17. The molecule has 4 nitrogen and oxygen atoms in total. The molecule has 1 N–H and O–H groups in total. The van der Waals surface area contributed by atoms with Crippen molar-refractivity contribution in [3.63, 3.8) is 0 Å². The van der Waals surface area contributed by atoms with E-state index in [2.05, 4.69) is 29.1 Å². The van der Waals surface area contributed by atoms with Crippen molar-refractivity contribution in [3.05, 3.63) is 23.1 Å². The van der Waals surface area contributed by atoms with Crippen LogP contribution in [0.5, 0.6) is 0 Å². The number of hydrogen-bond donors (Lipinski definition) is 1. The number of nitrogens with zero attached hydrogens (tertiary/aromatic N) is 3. The number of aromatic nitrogens is 3. The van der Waals surface area contributed by atoms with Crippen LogP contribution in [0.1, 0.15) is 56.2 Å². The maximum atomic E-state index is 4.78. The first-order valence-corrected chi connectivity index (χ1v) is 8.51. The van der Waals surface area contributed by atoms with Gasteiger partial charge in [-0.1, -0.05) is 26.7 Å². The van der Waals surface area contributed by atoms with E-state index in [0.29, 0.717) is 12.0 Å². The number of aryl methyl sites for hydroxylation is 1. The van der Waals surface area contributed by atoms with Gasteiger partial charge >= 0.3 is 0 Å². The molecule has 0 amide bonds. The Morgan fingerprint density at radius 3 is 2.57 bits per heavy atom. The fourth-order valence-corrected chi connectivity index (χ4v) is 3.63. The first kappa shape index (κ1) is 14.4. The average molecular weight is 302 g/mol. The quantitative estimate of drug-likeness (QED) is 0.910. The van der Waals surface area contributed by atoms with Crippen molar-refractivity contribution in [1.29, 1.82) is 0 Å². The summed E-state index contributed by atoms with van der Waals surface area (Å²) < 4.78 is 0. The highest BCUT2D eigenvalue weighted by molar-refractivity contribution is 7.15. The summed E-state index contributed by atoms with van der Waals surface area (Å²) in [4.78, 5) is 14.8. The number of rotatable bonds is 4. The molecular formula is C16H22N4S. The molecule has 1 saturated carbocycles. The molecule has 0 bridgehead atoms. The second kappa shape index (κ2) is 6.10. The standard InChI is InChI=1S/C16H22N4S/c1-10(2)15-13(14-9-17-11(3)21-14)8-18-16(20-15)19-12-6-4-5-7-12/h8-10,12H,4-7H2,1-3H3,(H,18,19,20). The fourth-order valence-electron chi connectivity index (χ4n) is 2.83. The summed E-state index contributed by atoms with van der Waals surface area (Å²) in [6.07, 6.45) is 8.97. The van der Waals surface area contributed by atoms with Gasteiger partial charge in [0.2, 0.25) is 5.95 Å². The zero-order valence-electron chi connectivity index (χ0n) is 12.9. The van der Waals surface area contributed by atoms with E-state index in [0.717, 1.165) is 27.1 Å². The van der Waals surface area contributed by atoms with E-state index < -0.39 is 0 Å². The minimum atomic E-state index is 0.370. The highest BCUT2D eigenvalue weighted by Gasteiger charge is 2.18. The van der Waals surface area contributed by atoms with Gasteiger partial charge in [-0.2, -0.15) is 0 Å². The second-order valence-electron chi connectivity index (χ2n) is 6.02. The molecule has 5 heteroatoms. The van der Waals surface area contributed by atoms with Crippen LogP contribution in [0.25, 0.3) is 10.4 Å². The van der Waals surface area contributed by atoms with E-state index in [1.807, 2.05) is 19.3 Å². The Hall–Kier alpha value is -1.49. The topological polar surface area (TPSA) is 50.7 Å². The normalized spacial score (nSPS) is 15.8. The molecule has 0 aromatic carbocycles. The van der Waals surface area contributed by atoms with Crippen molar-refractivity contribution < 1.29 is 0 Å². The predicted molar refractivity (Wildman–Crippen MR) is 87.8 cm³/mol. The Bertz CT molecular complexity index is 614. The largest absolute Gasteiger partial charge is 0.351 e. The maximum absolute atomic E-state index is 4.78. The third kappa shape index (κ3) is 3.23. The molecular weight excluding hydrogens is 280 g/mol. The molecule has 0 saturated heterocycles. The van der Waals surface area contributed by atoms with E-state index in [-0.39, 0.29) is 0 Å². The van der Waals surface area contributed by atoms with Gasteiger partial charge < -0.3 is 5.32 Å². The third-order valence-electron chi connectivity index (χ3n) is 3.94. The van der Waals surface area contributed by atoms with Crippen LogP contribution in [0.2, 0.25) is 0 Å². The summed E-state index contributed by atoms with van der Waals surface area (Å²) in [5.41, 5.74) is 2.22. The molecule has 21 heavy (non-hydrogen) atoms. The van der Waals surface area contributed by atoms with E-state index in [4.69, 9.17) is 4.98 Å². The summed E-state index contributed by atoms with van der Waals surface area (Å²) in [7, 11) is 0. The Kier molecular flexibility index (Phi) is 4.19. The zero-order valence-corrected chi connectivity index (χ0v) is 13.7. The van der Waals surface area contributed by atoms with Crippen LogP contribution >= 0.6 is 11.3 Å². The maximum Gasteiger partial charge on any atom is 0.223 e. The van der Waals surface area contributed by atoms with Crippen LogP contribution in [-0.4, -0.2) is 21.0 Å². The van der Waals surface area contributed by atoms with Crippen LogP contribution in [-0.2, 0) is 0 Å². The highest BCUT2D eigenvalue weighted by Crippen LogP contribution is 2.32. The second-order valence-corrected chi connectivity index (χ2v) is 7.25. The molecule has 2 aromatic rings. The zero-order chi connectivity index (χ0) is 14.8. The van der Waals surface area contributed by atoms with Gasteiger partial charge in [0.1, 0.15) is 0 Å². The molecule has 112 valence electrons. The van der Waals surface area contributed by atoms with Crippen LogP contribution in [0.3, 0.4) is 0 Å². The molecule has 1 fully saturated rings. The highest BCUT2D eigenvalue weighted by atomic mass is 32.1. The smallest absolute Gasteiger partial charge is 0.223 e. The van der Waals surface area contributed by atoms with Crippen molar-refractivity contribution in [2.45, 2.75) is 58.4 Å². The lowest BCUT2D eigenvalue weighted by Gasteiger charge is -2.15. The fraction of sp³-hybridized carbons (Fsp3) is 0.562. The molecule has 3 rings (SSSR count). The Morgan fingerprint density at radius 2 is 1.95 bits per heavy atom. The van der Waals surface area contributed by atoms with Gasteiger partial charge in [0.15, 0.2) is 0 Å². The average Bonchev–Trinajstić information content (AvgIpc) is 3.10. The third-order valence-corrected chi connectivity index (χ3v) is 4.89. The molecule has 1 aliphatic carbocycles. The minimum Gasteiger partial charge on any atom is -0.351 e. The summed E-state index contributed by atoms with van der Waals surface area (Å²) in [6, 6.07) is 0.543. The minimum absolute atomic E-state index is 0.370. The van der Waals surface area contributed by atoms with Crippen molar-refractivity contribution in [2.75, 3.05) is 5.32 Å². The van der Waals surface area contributed by atoms with Gasteiger partial charge in [0, 0.05) is 24.0 Å². The lowest BCUT2D eigenvalue weighted by molar-refractivity contribution is 0.736. The summed E-state index contributed by atoms with van der Waals surface area (Å²) >= 11 is 1.70. The van der Waals surface area contributed by atoms with Crippen LogP contribution < -0.4 is 5.32 Å². The van der Waals surface area contributed by atoms with Gasteiger partial charge in [-0.05, 0) is 25.7 Å². The summed E-state index contributed by atoms with van der Waals surface area (Å²) in [5, 5.41) is 4.56. The molecule has 1 aliphatic rings. The van der Waals surface area contributed by atoms with Crippen LogP contribution in [0.4, 0.5) is 5.95 Å². The van der Waals surface area contributed by atoms with Gasteiger partial charge in [-0.15, -0.1) is 11.3 Å². The van der Waals surface area contributed by atoms with Crippen LogP contribution in [0.15, 0.2) is 12.4 Å². The number of nitrogens with one attached hydrogen (secondary N) is 1. The summed E-state index contributed by atoms with van der Waals surface area (Å²) in [6.45, 7) is 6.39. The number of hydrogen-bond acceptors (Lipinski definition) is 5. The van der Waals surface area contributed by atoms with Gasteiger partial charge in [0.25, 0.3) is 0 Å². The van der Waals surface area contributed by atoms with Gasteiger partial charge in [-0.25, -0.2) is 15.0 Å². The molecule has 0 atom stereocenters. The Morgan fingerprint density at radius 1 is 1.19 bits per heavy atom. The van der Waals surface area contributed by atoms with Crippen molar-refractivity contribution in [2.24, 2.45) is 0 Å². The van der Waals surface area contributed by atoms with Crippen molar-refractivity contribution in [1.82, 2.24) is 15.0 Å². The van der Waals surface area contributed by atoms with Crippen molar-refractivity contribution in [3.8, 4) is 10.4 Å². The van der Waals surface area contributed by atoms with Gasteiger partial charge in [-0.3, -0.25) is 0 Å². The van der Waals surface area contributed by atoms with E-state index in [1.54, 1.807) is 11.3 Å². The molecule has 0 aliphatic heterocycles. The lowest BCUT2D eigenvalue weighted by atomic mass is 10.0. The Labute approximate surface area is 130 Å². The molecule has 0 spiro atoms. The van der Waals surface area contributed by atoms with Crippen molar-refractivity contribution >= 4 is 17.3 Å². The van der Waals surface area contributed by atoms with E-state index in [9.17, 15) is 0 Å². The van der Waals surface area contributed by atoms with E-state index >= 15 is 0 Å². The van der Waals surface area contributed by atoms with E-state index in [1.165, 1.54) is 25.7 Å². The molecule has 2 heterocycles. The molecule has 2 aromatic heterocycles. The SMILES string of the molecule is Cc1ncc(-c2cnc(NC3CCCC3)nc2C(C)C)s1. The first-order valence-electron chi connectivity index (χ1n) is 7.69. The van der Waals surface area contributed by atoms with Crippen LogP contribution in [0, 0.1) is 6.92 Å². The predicted octanol–water partition coefficient (Wildman–Crippen LogP) is 4.39. The number of thiazole rings is 1. The number of anilines is 1. The Balaban J connectivity index is 1.90. The monoisotopic (exact) mass is 302 g/mol. The first-order chi connectivity index (χ1) is 10.1. The van der Waals surface area contributed by atoms with Gasteiger partial charge in [0.05, 0.1) is 15.6 Å². The molecule has 0 radical (unpaired) electrons.